The summed E-state index contributed by atoms with van der Waals surface area (Å²) in [6, 6.07) is 10.2. The van der Waals surface area contributed by atoms with Crippen LogP contribution < -0.4 is 16.0 Å². The van der Waals surface area contributed by atoms with Gasteiger partial charge in [0.25, 0.3) is 0 Å². The smallest absolute Gasteiger partial charge is 0.408 e. The summed E-state index contributed by atoms with van der Waals surface area (Å²) in [4.78, 5) is 26.5. The van der Waals surface area contributed by atoms with Crippen LogP contribution in [0.2, 0.25) is 0 Å². The van der Waals surface area contributed by atoms with Crippen LogP contribution in [-0.4, -0.2) is 23.6 Å². The summed E-state index contributed by atoms with van der Waals surface area (Å²) in [5.74, 6) is -1.06. The van der Waals surface area contributed by atoms with Crippen molar-refractivity contribution in [1.29, 1.82) is 0 Å². The van der Waals surface area contributed by atoms with E-state index in [4.69, 9.17) is 4.42 Å². The zero-order chi connectivity index (χ0) is 21.3. The Morgan fingerprint density at radius 3 is 2.57 bits per heavy atom. The first-order valence-electron chi connectivity index (χ1n) is 9.67. The molecule has 1 aliphatic rings. The maximum atomic E-state index is 13.2. The van der Waals surface area contributed by atoms with Gasteiger partial charge in [-0.15, -0.1) is 0 Å². The lowest BCUT2D eigenvalue weighted by Gasteiger charge is -2.23. The molecule has 158 valence electrons. The molecular weight excluding hydrogens is 399 g/mol. The van der Waals surface area contributed by atoms with Crippen LogP contribution in [0.15, 0.2) is 51.7 Å². The van der Waals surface area contributed by atoms with Gasteiger partial charge in [0, 0.05) is 26.1 Å². The molecule has 1 saturated heterocycles. The summed E-state index contributed by atoms with van der Waals surface area (Å²) < 4.78 is 46.0. The number of carbonyl (C=O) groups is 1. The fourth-order valence-corrected chi connectivity index (χ4v) is 3.70. The zero-order valence-corrected chi connectivity index (χ0v) is 16.0. The van der Waals surface area contributed by atoms with Gasteiger partial charge in [0.1, 0.15) is 0 Å². The van der Waals surface area contributed by atoms with E-state index in [1.54, 1.807) is 24.3 Å². The molecule has 30 heavy (non-hydrogen) atoms. The summed E-state index contributed by atoms with van der Waals surface area (Å²) in [7, 11) is 0. The Balaban J connectivity index is 1.54. The molecule has 1 aliphatic heterocycles. The molecule has 3 aromatic rings. The van der Waals surface area contributed by atoms with Crippen LogP contribution in [-0.2, 0) is 17.5 Å². The number of rotatable bonds is 5. The molecule has 4 rings (SSSR count). The van der Waals surface area contributed by atoms with Crippen molar-refractivity contribution in [3.05, 3.63) is 58.6 Å². The minimum absolute atomic E-state index is 0.0552. The normalized spacial score (nSPS) is 14.4. The second-order valence-corrected chi connectivity index (χ2v) is 7.21. The fraction of sp³-hybridized carbons (Fsp3) is 0.333. The Morgan fingerprint density at radius 1 is 1.10 bits per heavy atom. The van der Waals surface area contributed by atoms with E-state index in [1.165, 1.54) is 10.6 Å². The first-order valence-corrected chi connectivity index (χ1v) is 9.67. The molecular formula is C21H20F3N3O3. The van der Waals surface area contributed by atoms with Crippen molar-refractivity contribution in [2.24, 2.45) is 0 Å². The number of carbonyl (C=O) groups excluding carboxylic acids is 1. The largest absolute Gasteiger partial charge is 0.419 e. The van der Waals surface area contributed by atoms with E-state index in [2.05, 4.69) is 5.32 Å². The molecule has 0 aliphatic carbocycles. The van der Waals surface area contributed by atoms with Crippen LogP contribution in [0.25, 0.3) is 11.1 Å². The highest BCUT2D eigenvalue weighted by atomic mass is 19.4. The Kier molecular flexibility index (Phi) is 5.27. The van der Waals surface area contributed by atoms with Crippen LogP contribution in [0.1, 0.15) is 24.8 Å². The Hall–Kier alpha value is -3.23. The zero-order valence-electron chi connectivity index (χ0n) is 16.0. The molecule has 2 aromatic carbocycles. The lowest BCUT2D eigenvalue weighted by atomic mass is 10.1. The van der Waals surface area contributed by atoms with Gasteiger partial charge in [-0.05, 0) is 43.2 Å². The van der Waals surface area contributed by atoms with E-state index >= 15 is 0 Å². The topological polar surface area (TPSA) is 67.5 Å². The number of oxazole rings is 1. The monoisotopic (exact) mass is 419 g/mol. The minimum atomic E-state index is -4.51. The van der Waals surface area contributed by atoms with E-state index in [9.17, 15) is 22.8 Å². The summed E-state index contributed by atoms with van der Waals surface area (Å²) in [5, 5.41) is 2.60. The second-order valence-electron chi connectivity index (χ2n) is 7.21. The van der Waals surface area contributed by atoms with Gasteiger partial charge in [-0.3, -0.25) is 9.36 Å². The third-order valence-electron chi connectivity index (χ3n) is 5.18. The van der Waals surface area contributed by atoms with Crippen molar-refractivity contribution < 1.29 is 22.4 Å². The highest BCUT2D eigenvalue weighted by Crippen LogP contribution is 2.36. The number of alkyl halides is 3. The molecule has 1 amide bonds. The van der Waals surface area contributed by atoms with Crippen molar-refractivity contribution in [3.63, 3.8) is 0 Å². The third-order valence-corrected chi connectivity index (χ3v) is 5.18. The van der Waals surface area contributed by atoms with Crippen LogP contribution in [0, 0.1) is 0 Å². The fourth-order valence-electron chi connectivity index (χ4n) is 3.70. The molecule has 2 heterocycles. The van der Waals surface area contributed by atoms with E-state index in [1.807, 2.05) is 4.90 Å². The molecule has 0 unspecified atom stereocenters. The summed E-state index contributed by atoms with van der Waals surface area (Å²) in [6.45, 7) is 1.51. The van der Waals surface area contributed by atoms with E-state index in [0.717, 1.165) is 38.1 Å². The Bertz CT molecular complexity index is 1130. The predicted molar refractivity (Wildman–Crippen MR) is 107 cm³/mol. The SMILES string of the molecule is O=C(CCn1c(=O)oc2ccccc21)Nc1cc(C(F)(F)F)ccc1N1CCCC1. The highest BCUT2D eigenvalue weighted by Gasteiger charge is 2.32. The average molecular weight is 419 g/mol. The molecule has 0 radical (unpaired) electrons. The molecule has 0 spiro atoms. The van der Waals surface area contributed by atoms with E-state index < -0.39 is 23.4 Å². The maximum Gasteiger partial charge on any atom is 0.419 e. The average Bonchev–Trinajstić information content (AvgIpc) is 3.33. The van der Waals surface area contributed by atoms with Gasteiger partial charge in [0.2, 0.25) is 5.91 Å². The lowest BCUT2D eigenvalue weighted by Crippen LogP contribution is -2.23. The van der Waals surface area contributed by atoms with Crippen molar-refractivity contribution in [2.75, 3.05) is 23.3 Å². The van der Waals surface area contributed by atoms with Gasteiger partial charge in [-0.1, -0.05) is 12.1 Å². The van der Waals surface area contributed by atoms with E-state index in [0.29, 0.717) is 16.8 Å². The first-order chi connectivity index (χ1) is 14.3. The summed E-state index contributed by atoms with van der Waals surface area (Å²) in [5.41, 5.74) is 0.850. The molecule has 9 heteroatoms. The summed E-state index contributed by atoms with van der Waals surface area (Å²) >= 11 is 0. The number of para-hydroxylation sites is 2. The van der Waals surface area contributed by atoms with Crippen molar-refractivity contribution >= 4 is 28.4 Å². The number of halogens is 3. The quantitative estimate of drug-likeness (QED) is 0.672. The number of hydrogen-bond acceptors (Lipinski definition) is 4. The molecule has 0 bridgehead atoms. The van der Waals surface area contributed by atoms with Crippen LogP contribution in [0.3, 0.4) is 0 Å². The third kappa shape index (κ3) is 4.05. The number of nitrogens with zero attached hydrogens (tertiary/aromatic N) is 2. The van der Waals surface area contributed by atoms with Gasteiger partial charge in [-0.25, -0.2) is 4.79 Å². The van der Waals surface area contributed by atoms with Crippen molar-refractivity contribution in [1.82, 2.24) is 4.57 Å². The molecule has 1 aromatic heterocycles. The van der Waals surface area contributed by atoms with Gasteiger partial charge in [-0.2, -0.15) is 13.2 Å². The maximum absolute atomic E-state index is 13.2. The van der Waals surface area contributed by atoms with Gasteiger partial charge in [0.15, 0.2) is 5.58 Å². The molecule has 1 fully saturated rings. The van der Waals surface area contributed by atoms with Crippen molar-refractivity contribution in [2.45, 2.75) is 32.0 Å². The number of amides is 1. The highest BCUT2D eigenvalue weighted by molar-refractivity contribution is 5.94. The number of benzene rings is 2. The number of fused-ring (bicyclic) bond motifs is 1. The summed E-state index contributed by atoms with van der Waals surface area (Å²) in [6.07, 6.45) is -2.69. The number of nitrogens with one attached hydrogen (secondary N) is 1. The first kappa shape index (κ1) is 20.1. The van der Waals surface area contributed by atoms with E-state index in [-0.39, 0.29) is 18.7 Å². The number of anilines is 2. The van der Waals surface area contributed by atoms with Crippen molar-refractivity contribution in [3.8, 4) is 0 Å². The second kappa shape index (κ2) is 7.89. The standard InChI is InChI=1S/C21H20F3N3O3/c22-21(23,24)14-7-8-16(26-10-3-4-11-26)15(13-14)25-19(28)9-12-27-17-5-1-2-6-18(17)30-20(27)29/h1-2,5-8,13H,3-4,9-12H2,(H,25,28). The van der Waals surface area contributed by atoms with Crippen LogP contribution in [0.5, 0.6) is 0 Å². The lowest BCUT2D eigenvalue weighted by molar-refractivity contribution is -0.137. The van der Waals surface area contributed by atoms with Gasteiger partial charge >= 0.3 is 11.9 Å². The number of hydrogen-bond donors (Lipinski definition) is 1. The molecule has 0 saturated carbocycles. The molecule has 6 nitrogen and oxygen atoms in total. The molecule has 1 N–H and O–H groups in total. The van der Waals surface area contributed by atoms with Gasteiger partial charge < -0.3 is 14.6 Å². The van der Waals surface area contributed by atoms with Crippen LogP contribution in [0.4, 0.5) is 24.5 Å². The predicted octanol–water partition coefficient (Wildman–Crippen LogP) is 4.24. The Morgan fingerprint density at radius 2 is 1.83 bits per heavy atom. The van der Waals surface area contributed by atoms with Crippen LogP contribution >= 0.6 is 0 Å². The number of aryl methyl sites for hydroxylation is 1. The number of aromatic nitrogens is 1. The minimum Gasteiger partial charge on any atom is -0.408 e. The Labute approximate surface area is 169 Å². The van der Waals surface area contributed by atoms with Gasteiger partial charge in [0.05, 0.1) is 22.5 Å². The molecule has 0 atom stereocenters.